The molecule has 1 N–H and O–H groups in total. The molecule has 0 radical (unpaired) electrons. The Balaban J connectivity index is 1.51. The average molecular weight is 380 g/mol. The molecule has 0 aliphatic carbocycles. The maximum absolute atomic E-state index is 12.5. The summed E-state index contributed by atoms with van der Waals surface area (Å²) in [7, 11) is 1.58. The van der Waals surface area contributed by atoms with Crippen molar-refractivity contribution in [3.05, 3.63) is 65.2 Å². The summed E-state index contributed by atoms with van der Waals surface area (Å²) in [4.78, 5) is 26.6. The fourth-order valence-corrected chi connectivity index (χ4v) is 3.66. The van der Waals surface area contributed by atoms with Gasteiger partial charge < -0.3 is 10.1 Å². The summed E-state index contributed by atoms with van der Waals surface area (Å²) in [5, 5.41) is 3.15. The van der Waals surface area contributed by atoms with Gasteiger partial charge in [0.2, 0.25) is 5.91 Å². The molecule has 0 unspecified atom stereocenters. The molecule has 0 atom stereocenters. The third kappa shape index (κ3) is 5.42. The van der Waals surface area contributed by atoms with Crippen molar-refractivity contribution in [3.63, 3.8) is 0 Å². The first-order chi connectivity index (χ1) is 13.5. The van der Waals surface area contributed by atoms with Crippen LogP contribution in [0.25, 0.3) is 0 Å². The van der Waals surface area contributed by atoms with E-state index in [4.69, 9.17) is 4.74 Å². The summed E-state index contributed by atoms with van der Waals surface area (Å²) < 4.78 is 5.34. The molecule has 1 saturated heterocycles. The summed E-state index contributed by atoms with van der Waals surface area (Å²) in [6.45, 7) is 4.43. The maximum atomic E-state index is 12.5. The predicted octanol–water partition coefficient (Wildman–Crippen LogP) is 3.22. The SMILES string of the molecule is COc1ccc(C(C)=O)cc1CC(=O)NC1CCN(Cc2ccccc2)CC1. The number of ketones is 1. The lowest BCUT2D eigenvalue weighted by Crippen LogP contribution is -2.44. The standard InChI is InChI=1S/C23H28N2O3/c1-17(26)19-8-9-22(28-2)20(14-19)15-23(27)24-21-10-12-25(13-11-21)16-18-6-4-3-5-7-18/h3-9,14,21H,10-13,15-16H2,1-2H3,(H,24,27). The van der Waals surface area contributed by atoms with Gasteiger partial charge in [0.25, 0.3) is 0 Å². The molecule has 28 heavy (non-hydrogen) atoms. The van der Waals surface area contributed by atoms with Gasteiger partial charge in [0.05, 0.1) is 13.5 Å². The highest BCUT2D eigenvalue weighted by Crippen LogP contribution is 2.21. The van der Waals surface area contributed by atoms with Crippen LogP contribution in [0.5, 0.6) is 5.75 Å². The van der Waals surface area contributed by atoms with E-state index in [2.05, 4.69) is 34.5 Å². The van der Waals surface area contributed by atoms with Gasteiger partial charge in [-0.25, -0.2) is 0 Å². The number of piperidine rings is 1. The molecule has 0 aromatic heterocycles. The molecule has 1 aliphatic rings. The van der Waals surface area contributed by atoms with E-state index in [1.54, 1.807) is 25.3 Å². The monoisotopic (exact) mass is 380 g/mol. The lowest BCUT2D eigenvalue weighted by molar-refractivity contribution is -0.121. The Labute approximate surface area is 166 Å². The Morgan fingerprint density at radius 3 is 2.46 bits per heavy atom. The molecule has 1 heterocycles. The van der Waals surface area contributed by atoms with Crippen LogP contribution in [0.1, 0.15) is 41.3 Å². The number of methoxy groups -OCH3 is 1. The molecule has 5 nitrogen and oxygen atoms in total. The number of nitrogens with zero attached hydrogens (tertiary/aromatic N) is 1. The minimum Gasteiger partial charge on any atom is -0.496 e. The van der Waals surface area contributed by atoms with Gasteiger partial charge in [-0.05, 0) is 43.5 Å². The van der Waals surface area contributed by atoms with Crippen molar-refractivity contribution in [2.75, 3.05) is 20.2 Å². The maximum Gasteiger partial charge on any atom is 0.224 e. The van der Waals surface area contributed by atoms with Gasteiger partial charge in [-0.1, -0.05) is 30.3 Å². The van der Waals surface area contributed by atoms with Gasteiger partial charge >= 0.3 is 0 Å². The van der Waals surface area contributed by atoms with Crippen molar-refractivity contribution in [2.24, 2.45) is 0 Å². The number of ether oxygens (including phenoxy) is 1. The Morgan fingerprint density at radius 1 is 1.11 bits per heavy atom. The molecule has 0 saturated carbocycles. The molecular weight excluding hydrogens is 352 g/mol. The van der Waals surface area contributed by atoms with Crippen LogP contribution >= 0.6 is 0 Å². The van der Waals surface area contributed by atoms with E-state index in [0.717, 1.165) is 38.0 Å². The molecule has 2 aromatic rings. The Bertz CT molecular complexity index is 812. The van der Waals surface area contributed by atoms with Gasteiger partial charge in [-0.15, -0.1) is 0 Å². The second-order valence-corrected chi connectivity index (χ2v) is 7.36. The number of amides is 1. The van der Waals surface area contributed by atoms with Crippen LogP contribution in [0, 0.1) is 0 Å². The number of rotatable bonds is 7. The molecule has 1 fully saturated rings. The van der Waals surface area contributed by atoms with Crippen molar-refractivity contribution in [2.45, 2.75) is 38.8 Å². The van der Waals surface area contributed by atoms with Crippen molar-refractivity contribution >= 4 is 11.7 Å². The van der Waals surface area contributed by atoms with Crippen LogP contribution in [-0.2, 0) is 17.8 Å². The molecular formula is C23H28N2O3. The molecule has 2 aromatic carbocycles. The van der Waals surface area contributed by atoms with Crippen LogP contribution < -0.4 is 10.1 Å². The van der Waals surface area contributed by atoms with Gasteiger partial charge in [0, 0.05) is 36.8 Å². The summed E-state index contributed by atoms with van der Waals surface area (Å²) in [5.41, 5.74) is 2.66. The third-order valence-corrected chi connectivity index (χ3v) is 5.24. The topological polar surface area (TPSA) is 58.6 Å². The number of carbonyl (C=O) groups is 2. The largest absolute Gasteiger partial charge is 0.496 e. The number of likely N-dealkylation sites (tertiary alicyclic amines) is 1. The summed E-state index contributed by atoms with van der Waals surface area (Å²) in [6, 6.07) is 15.9. The van der Waals surface area contributed by atoms with E-state index in [-0.39, 0.29) is 24.2 Å². The van der Waals surface area contributed by atoms with Crippen LogP contribution in [0.3, 0.4) is 0 Å². The van der Waals surface area contributed by atoms with E-state index in [9.17, 15) is 9.59 Å². The molecule has 3 rings (SSSR count). The first-order valence-corrected chi connectivity index (χ1v) is 9.78. The normalized spacial score (nSPS) is 15.2. The number of Topliss-reactive ketones (excluding diaryl/α,β-unsaturated/α-hetero) is 1. The van der Waals surface area contributed by atoms with Crippen molar-refractivity contribution in [1.29, 1.82) is 0 Å². The minimum absolute atomic E-state index is 0.0184. The van der Waals surface area contributed by atoms with Crippen molar-refractivity contribution in [1.82, 2.24) is 10.2 Å². The number of benzene rings is 2. The smallest absolute Gasteiger partial charge is 0.224 e. The zero-order valence-electron chi connectivity index (χ0n) is 16.6. The van der Waals surface area contributed by atoms with E-state index < -0.39 is 0 Å². The fourth-order valence-electron chi connectivity index (χ4n) is 3.66. The van der Waals surface area contributed by atoms with E-state index in [0.29, 0.717) is 11.3 Å². The lowest BCUT2D eigenvalue weighted by atomic mass is 10.0. The average Bonchev–Trinajstić information content (AvgIpc) is 2.70. The predicted molar refractivity (Wildman–Crippen MR) is 110 cm³/mol. The fraction of sp³-hybridized carbons (Fsp3) is 0.391. The van der Waals surface area contributed by atoms with Crippen LogP contribution in [0.2, 0.25) is 0 Å². The quantitative estimate of drug-likeness (QED) is 0.750. The summed E-state index contributed by atoms with van der Waals surface area (Å²) in [5.74, 6) is 0.591. The highest BCUT2D eigenvalue weighted by Gasteiger charge is 2.21. The molecule has 148 valence electrons. The summed E-state index contributed by atoms with van der Waals surface area (Å²) in [6.07, 6.45) is 2.11. The zero-order chi connectivity index (χ0) is 19.9. The van der Waals surface area contributed by atoms with Gasteiger partial charge in [0.15, 0.2) is 5.78 Å². The second kappa shape index (κ2) is 9.51. The molecule has 0 spiro atoms. The van der Waals surface area contributed by atoms with Crippen LogP contribution in [0.15, 0.2) is 48.5 Å². The first kappa shape index (κ1) is 20.1. The van der Waals surface area contributed by atoms with Gasteiger partial charge in [-0.3, -0.25) is 14.5 Å². The van der Waals surface area contributed by atoms with Gasteiger partial charge in [-0.2, -0.15) is 0 Å². The second-order valence-electron chi connectivity index (χ2n) is 7.36. The lowest BCUT2D eigenvalue weighted by Gasteiger charge is -2.32. The Kier molecular flexibility index (Phi) is 6.82. The first-order valence-electron chi connectivity index (χ1n) is 9.78. The zero-order valence-corrected chi connectivity index (χ0v) is 16.6. The Morgan fingerprint density at radius 2 is 1.82 bits per heavy atom. The van der Waals surface area contributed by atoms with Crippen molar-refractivity contribution in [3.8, 4) is 5.75 Å². The van der Waals surface area contributed by atoms with Crippen molar-refractivity contribution < 1.29 is 14.3 Å². The minimum atomic E-state index is -0.0273. The highest BCUT2D eigenvalue weighted by molar-refractivity contribution is 5.94. The van der Waals surface area contributed by atoms with E-state index in [1.165, 1.54) is 12.5 Å². The Hall–Kier alpha value is -2.66. The molecule has 1 amide bonds. The number of carbonyl (C=O) groups excluding carboxylic acids is 2. The number of nitrogens with one attached hydrogen (secondary N) is 1. The molecule has 1 aliphatic heterocycles. The number of hydrogen-bond donors (Lipinski definition) is 1. The summed E-state index contributed by atoms with van der Waals surface area (Å²) >= 11 is 0. The number of hydrogen-bond acceptors (Lipinski definition) is 4. The van der Waals surface area contributed by atoms with E-state index >= 15 is 0 Å². The van der Waals surface area contributed by atoms with Gasteiger partial charge in [0.1, 0.15) is 5.75 Å². The van der Waals surface area contributed by atoms with Crippen LogP contribution in [0.4, 0.5) is 0 Å². The van der Waals surface area contributed by atoms with Crippen LogP contribution in [-0.4, -0.2) is 42.8 Å². The third-order valence-electron chi connectivity index (χ3n) is 5.24. The molecule has 0 bridgehead atoms. The highest BCUT2D eigenvalue weighted by atomic mass is 16.5. The molecule has 5 heteroatoms. The van der Waals surface area contributed by atoms with E-state index in [1.807, 2.05) is 6.07 Å².